The van der Waals surface area contributed by atoms with Crippen molar-refractivity contribution < 1.29 is 44.7 Å². The van der Waals surface area contributed by atoms with Gasteiger partial charge in [-0.05, 0) is 54.6 Å². The summed E-state index contributed by atoms with van der Waals surface area (Å²) in [4.78, 5) is 16.6. The van der Waals surface area contributed by atoms with Crippen LogP contribution in [0.3, 0.4) is 0 Å². The van der Waals surface area contributed by atoms with Gasteiger partial charge in [-0.3, -0.25) is 4.79 Å². The molecule has 194 valence electrons. The zero-order chi connectivity index (χ0) is 27.2. The third-order valence-electron chi connectivity index (χ3n) is 5.36. The van der Waals surface area contributed by atoms with Crippen molar-refractivity contribution >= 4 is 34.3 Å². The number of hydrogen-bond acceptors (Lipinski definition) is 4. The van der Waals surface area contributed by atoms with Crippen LogP contribution in [-0.2, 0) is 5.67 Å². The lowest BCUT2D eigenvalue weighted by Gasteiger charge is -2.30. The van der Waals surface area contributed by atoms with Gasteiger partial charge in [0.05, 0.1) is 12.7 Å². The molecule has 4 rings (SSSR count). The van der Waals surface area contributed by atoms with Gasteiger partial charge in [-0.2, -0.15) is 26.3 Å². The van der Waals surface area contributed by atoms with Crippen molar-refractivity contribution in [2.45, 2.75) is 18.0 Å². The normalized spacial score (nSPS) is 12.6. The van der Waals surface area contributed by atoms with E-state index in [1.54, 1.807) is 0 Å². The highest BCUT2D eigenvalue weighted by Gasteiger charge is 2.73. The Balaban J connectivity index is 1.73. The van der Waals surface area contributed by atoms with E-state index in [1.807, 2.05) is 0 Å². The maximum absolute atomic E-state index is 14.5. The number of carbonyl (C=O) groups excluding carboxylic acids is 1. The number of benzene rings is 3. The fourth-order valence-electron chi connectivity index (χ4n) is 3.50. The summed E-state index contributed by atoms with van der Waals surface area (Å²) in [6.07, 6.45) is -12.6. The van der Waals surface area contributed by atoms with E-state index in [4.69, 9.17) is 20.8 Å². The predicted octanol–water partition coefficient (Wildman–Crippen LogP) is 7.70. The van der Waals surface area contributed by atoms with Crippen molar-refractivity contribution in [3.63, 3.8) is 0 Å². The molecule has 0 saturated carbocycles. The van der Waals surface area contributed by atoms with Crippen LogP contribution in [0.5, 0.6) is 5.75 Å². The lowest BCUT2D eigenvalue weighted by molar-refractivity contribution is -0.348. The van der Waals surface area contributed by atoms with Gasteiger partial charge >= 0.3 is 18.0 Å². The van der Waals surface area contributed by atoms with E-state index in [1.165, 1.54) is 49.6 Å². The van der Waals surface area contributed by atoms with Crippen LogP contribution in [-0.4, -0.2) is 30.4 Å². The molecule has 3 aromatic carbocycles. The Morgan fingerprint density at radius 2 is 1.57 bits per heavy atom. The number of halogens is 8. The second kappa shape index (κ2) is 9.25. The first-order valence-electron chi connectivity index (χ1n) is 10.2. The Labute approximate surface area is 208 Å². The van der Waals surface area contributed by atoms with Gasteiger partial charge in [-0.25, -0.2) is 9.37 Å². The molecule has 0 saturated heterocycles. The quantitative estimate of drug-likeness (QED) is 0.261. The minimum absolute atomic E-state index is 0.118. The Bertz CT molecular complexity index is 1450. The van der Waals surface area contributed by atoms with Gasteiger partial charge in [-0.1, -0.05) is 17.7 Å². The molecular weight excluding hydrogens is 533 g/mol. The minimum Gasteiger partial charge on any atom is -0.496 e. The minimum atomic E-state index is -6.28. The van der Waals surface area contributed by atoms with E-state index in [0.717, 1.165) is 6.07 Å². The van der Waals surface area contributed by atoms with Crippen LogP contribution in [0.1, 0.15) is 15.9 Å². The molecule has 0 aliphatic carbocycles. The maximum atomic E-state index is 14.5. The first-order chi connectivity index (χ1) is 17.2. The SMILES string of the molecule is COc1ccc(NC(=O)c2ccc(Cl)cc2)cc1-c1nc2ccc(C(F)(C(F)(F)F)C(F)(F)F)cc2o1. The standard InChI is InChI=1S/C24H14ClF7N2O3/c1-36-18-9-7-15(33-20(35)12-2-5-14(25)6-3-12)11-16(18)21-34-17-8-4-13(10-19(17)37-21)22(26,23(27,28)29)24(30,31)32/h2-11H,1H3,(H,33,35). The molecule has 0 aliphatic rings. The monoisotopic (exact) mass is 546 g/mol. The average Bonchev–Trinajstić information content (AvgIpc) is 3.25. The Morgan fingerprint density at radius 1 is 0.919 bits per heavy atom. The second-order valence-corrected chi connectivity index (χ2v) is 8.17. The van der Waals surface area contributed by atoms with Gasteiger partial charge in [0.2, 0.25) is 5.89 Å². The van der Waals surface area contributed by atoms with E-state index >= 15 is 0 Å². The van der Waals surface area contributed by atoms with Crippen molar-refractivity contribution in [2.24, 2.45) is 0 Å². The largest absolute Gasteiger partial charge is 0.496 e. The van der Waals surface area contributed by atoms with E-state index in [-0.39, 0.29) is 28.4 Å². The second-order valence-electron chi connectivity index (χ2n) is 7.73. The number of methoxy groups -OCH3 is 1. The van der Waals surface area contributed by atoms with Gasteiger partial charge in [-0.15, -0.1) is 0 Å². The number of anilines is 1. The summed E-state index contributed by atoms with van der Waals surface area (Å²) < 4.78 is 104. The van der Waals surface area contributed by atoms with E-state index in [9.17, 15) is 35.5 Å². The van der Waals surface area contributed by atoms with Gasteiger partial charge < -0.3 is 14.5 Å². The summed E-state index contributed by atoms with van der Waals surface area (Å²) in [6, 6.07) is 11.7. The molecule has 5 nitrogen and oxygen atoms in total. The smallest absolute Gasteiger partial charge is 0.435 e. The number of carbonyl (C=O) groups is 1. The van der Waals surface area contributed by atoms with E-state index in [0.29, 0.717) is 22.7 Å². The molecule has 0 spiro atoms. The summed E-state index contributed by atoms with van der Waals surface area (Å²) in [5.74, 6) is -0.578. The predicted molar refractivity (Wildman–Crippen MR) is 120 cm³/mol. The molecule has 1 heterocycles. The molecule has 0 bridgehead atoms. The van der Waals surface area contributed by atoms with Crippen LogP contribution in [0.15, 0.2) is 65.1 Å². The van der Waals surface area contributed by atoms with Crippen LogP contribution >= 0.6 is 11.6 Å². The number of alkyl halides is 7. The van der Waals surface area contributed by atoms with Crippen molar-refractivity contribution in [3.8, 4) is 17.2 Å². The Morgan fingerprint density at radius 3 is 2.16 bits per heavy atom. The van der Waals surface area contributed by atoms with Crippen molar-refractivity contribution in [1.29, 1.82) is 0 Å². The van der Waals surface area contributed by atoms with Gasteiger partial charge in [0.25, 0.3) is 5.91 Å². The number of fused-ring (bicyclic) bond motifs is 1. The molecular formula is C24H14ClF7N2O3. The number of nitrogens with zero attached hydrogens (tertiary/aromatic N) is 1. The molecule has 4 aromatic rings. The number of amides is 1. The van der Waals surface area contributed by atoms with Crippen LogP contribution < -0.4 is 10.1 Å². The van der Waals surface area contributed by atoms with Crippen LogP contribution in [0, 0.1) is 0 Å². The molecule has 0 aliphatic heterocycles. The lowest BCUT2D eigenvalue weighted by Crippen LogP contribution is -2.50. The summed E-state index contributed by atoms with van der Waals surface area (Å²) in [5, 5.41) is 3.06. The summed E-state index contributed by atoms with van der Waals surface area (Å²) >= 11 is 5.82. The lowest BCUT2D eigenvalue weighted by atomic mass is 9.94. The molecule has 37 heavy (non-hydrogen) atoms. The molecule has 13 heteroatoms. The summed E-state index contributed by atoms with van der Waals surface area (Å²) in [6.45, 7) is 0. The zero-order valence-corrected chi connectivity index (χ0v) is 19.2. The van der Waals surface area contributed by atoms with Crippen molar-refractivity contribution in [2.75, 3.05) is 12.4 Å². The topological polar surface area (TPSA) is 64.4 Å². The summed E-state index contributed by atoms with van der Waals surface area (Å²) in [7, 11) is 1.30. The number of nitrogens with one attached hydrogen (secondary N) is 1. The van der Waals surface area contributed by atoms with Gasteiger partial charge in [0.1, 0.15) is 11.3 Å². The van der Waals surface area contributed by atoms with Crippen LogP contribution in [0.2, 0.25) is 5.02 Å². The number of aromatic nitrogens is 1. The zero-order valence-electron chi connectivity index (χ0n) is 18.5. The fraction of sp³-hybridized carbons (Fsp3) is 0.167. The molecule has 0 atom stereocenters. The third-order valence-corrected chi connectivity index (χ3v) is 5.61. The van der Waals surface area contributed by atoms with Crippen molar-refractivity contribution in [3.05, 3.63) is 76.8 Å². The molecule has 1 amide bonds. The average molecular weight is 547 g/mol. The Kier molecular flexibility index (Phi) is 6.57. The fourth-order valence-corrected chi connectivity index (χ4v) is 3.63. The molecule has 0 fully saturated rings. The molecule has 0 unspecified atom stereocenters. The molecule has 0 radical (unpaired) electrons. The van der Waals surface area contributed by atoms with E-state index < -0.39 is 35.1 Å². The maximum Gasteiger partial charge on any atom is 0.435 e. The highest BCUT2D eigenvalue weighted by Crippen LogP contribution is 2.53. The number of oxazole rings is 1. The summed E-state index contributed by atoms with van der Waals surface area (Å²) in [5.41, 5.74) is -7.34. The molecule has 1 aromatic heterocycles. The van der Waals surface area contributed by atoms with Crippen LogP contribution in [0.4, 0.5) is 36.4 Å². The first kappa shape index (κ1) is 26.3. The van der Waals surface area contributed by atoms with Crippen LogP contribution in [0.25, 0.3) is 22.6 Å². The Hall–Kier alpha value is -3.80. The number of hydrogen-bond donors (Lipinski definition) is 1. The van der Waals surface area contributed by atoms with Gasteiger partial charge in [0.15, 0.2) is 5.58 Å². The van der Waals surface area contributed by atoms with Crippen molar-refractivity contribution in [1.82, 2.24) is 4.98 Å². The third kappa shape index (κ3) is 4.80. The number of ether oxygens (including phenoxy) is 1. The highest BCUT2D eigenvalue weighted by atomic mass is 35.5. The molecule has 1 N–H and O–H groups in total. The van der Waals surface area contributed by atoms with E-state index in [2.05, 4.69) is 10.3 Å². The number of rotatable bonds is 5. The highest BCUT2D eigenvalue weighted by molar-refractivity contribution is 6.30. The first-order valence-corrected chi connectivity index (χ1v) is 10.6. The van der Waals surface area contributed by atoms with Gasteiger partial charge in [0, 0.05) is 21.8 Å².